The number of benzene rings is 2. The number of methoxy groups -OCH3 is 2. The zero-order valence-corrected chi connectivity index (χ0v) is 19.9. The summed E-state index contributed by atoms with van der Waals surface area (Å²) >= 11 is 6.30. The molecule has 0 bridgehead atoms. The first-order chi connectivity index (χ1) is 16.3. The molecule has 1 saturated heterocycles. The van der Waals surface area contributed by atoms with Gasteiger partial charge in [0.25, 0.3) is 11.7 Å². The zero-order chi connectivity index (χ0) is 24.6. The quantitative estimate of drug-likeness (QED) is 0.315. The molecule has 0 radical (unpaired) electrons. The topological polar surface area (TPSA) is 89.0 Å². The fourth-order valence-electron chi connectivity index (χ4n) is 4.24. The molecule has 0 aliphatic carbocycles. The van der Waals surface area contributed by atoms with E-state index < -0.39 is 23.5 Å². The lowest BCUT2D eigenvalue weighted by molar-refractivity contribution is -0.132. The summed E-state index contributed by atoms with van der Waals surface area (Å²) in [7, 11) is 2.88. The summed E-state index contributed by atoms with van der Waals surface area (Å²) in [4.78, 5) is 32.1. The van der Waals surface area contributed by atoms with Gasteiger partial charge in [0.05, 0.1) is 36.4 Å². The molecule has 7 nitrogen and oxygen atoms in total. The Balaban J connectivity index is 2.00. The minimum atomic E-state index is -0.880. The molecule has 1 atom stereocenters. The number of pyridine rings is 1. The lowest BCUT2D eigenvalue weighted by Gasteiger charge is -2.26. The Bertz CT molecular complexity index is 1300. The van der Waals surface area contributed by atoms with Crippen molar-refractivity contribution >= 4 is 34.7 Å². The lowest BCUT2D eigenvalue weighted by atomic mass is 9.95. The maximum atomic E-state index is 13.3. The van der Waals surface area contributed by atoms with E-state index in [1.807, 2.05) is 32.0 Å². The van der Waals surface area contributed by atoms with Gasteiger partial charge in [-0.3, -0.25) is 19.5 Å². The standard InChI is InChI=1S/C26H23ClN2O5/c1-14-9-15(2)11-17(10-14)29-23(16-5-7-28-8-6-16)22(25(31)26(29)32)24(30)18-12-19(27)21(34-4)13-20(18)33-3/h5-13,23,30H,1-4H3/b24-22+. The number of hydrogen-bond donors (Lipinski definition) is 1. The second-order valence-corrected chi connectivity index (χ2v) is 8.39. The maximum Gasteiger partial charge on any atom is 0.300 e. The van der Waals surface area contributed by atoms with E-state index >= 15 is 0 Å². The van der Waals surface area contributed by atoms with E-state index in [9.17, 15) is 14.7 Å². The van der Waals surface area contributed by atoms with Crippen molar-refractivity contribution in [1.29, 1.82) is 0 Å². The van der Waals surface area contributed by atoms with Crippen LogP contribution in [0.4, 0.5) is 5.69 Å². The Morgan fingerprint density at radius 2 is 1.59 bits per heavy atom. The van der Waals surface area contributed by atoms with E-state index in [0.717, 1.165) is 11.1 Å². The molecule has 1 aromatic heterocycles. The number of anilines is 1. The number of ketones is 1. The molecular formula is C26H23ClN2O5. The van der Waals surface area contributed by atoms with Gasteiger partial charge < -0.3 is 14.6 Å². The summed E-state index contributed by atoms with van der Waals surface area (Å²) in [5, 5.41) is 11.6. The van der Waals surface area contributed by atoms with Crippen LogP contribution in [-0.4, -0.2) is 36.0 Å². The molecule has 4 rings (SSSR count). The predicted octanol–water partition coefficient (Wildman–Crippen LogP) is 5.00. The van der Waals surface area contributed by atoms with Crippen molar-refractivity contribution in [3.63, 3.8) is 0 Å². The number of carbonyl (C=O) groups is 2. The highest BCUT2D eigenvalue weighted by atomic mass is 35.5. The van der Waals surface area contributed by atoms with E-state index in [0.29, 0.717) is 17.0 Å². The minimum Gasteiger partial charge on any atom is -0.507 e. The van der Waals surface area contributed by atoms with Gasteiger partial charge >= 0.3 is 0 Å². The number of aliphatic hydroxyl groups is 1. The number of aliphatic hydroxyl groups excluding tert-OH is 1. The summed E-state index contributed by atoms with van der Waals surface area (Å²) in [6, 6.07) is 11.1. The van der Waals surface area contributed by atoms with Crippen molar-refractivity contribution in [2.75, 3.05) is 19.1 Å². The third kappa shape index (κ3) is 3.99. The van der Waals surface area contributed by atoms with E-state index in [1.54, 1.807) is 24.5 Å². The van der Waals surface area contributed by atoms with Gasteiger partial charge in [-0.2, -0.15) is 0 Å². The molecule has 1 aliphatic heterocycles. The number of Topliss-reactive ketones (excluding diaryl/α,β-unsaturated/α-hetero) is 1. The van der Waals surface area contributed by atoms with Crippen LogP contribution >= 0.6 is 11.6 Å². The monoisotopic (exact) mass is 478 g/mol. The van der Waals surface area contributed by atoms with Crippen LogP contribution in [0, 0.1) is 13.8 Å². The maximum absolute atomic E-state index is 13.3. The SMILES string of the molecule is COc1cc(OC)c(/C(O)=C2\C(=O)C(=O)N(c3cc(C)cc(C)c3)C2c2ccncc2)cc1Cl. The van der Waals surface area contributed by atoms with Gasteiger partial charge in [0.1, 0.15) is 17.3 Å². The molecule has 2 heterocycles. The first kappa shape index (κ1) is 23.3. The Morgan fingerprint density at radius 3 is 2.18 bits per heavy atom. The van der Waals surface area contributed by atoms with Crippen LogP contribution in [0.25, 0.3) is 5.76 Å². The van der Waals surface area contributed by atoms with Crippen LogP contribution in [0.3, 0.4) is 0 Å². The van der Waals surface area contributed by atoms with Gasteiger partial charge in [-0.15, -0.1) is 0 Å². The van der Waals surface area contributed by atoms with Crippen molar-refractivity contribution in [2.24, 2.45) is 0 Å². The van der Waals surface area contributed by atoms with Crippen LogP contribution in [0.1, 0.15) is 28.3 Å². The number of ether oxygens (including phenoxy) is 2. The number of amides is 1. The normalized spacial score (nSPS) is 17.2. The molecule has 8 heteroatoms. The largest absolute Gasteiger partial charge is 0.507 e. The first-order valence-electron chi connectivity index (χ1n) is 10.5. The van der Waals surface area contributed by atoms with Gasteiger partial charge in [0, 0.05) is 24.1 Å². The van der Waals surface area contributed by atoms with Gasteiger partial charge in [-0.05, 0) is 60.9 Å². The molecular weight excluding hydrogens is 456 g/mol. The summed E-state index contributed by atoms with van der Waals surface area (Å²) < 4.78 is 10.6. The number of halogens is 1. The second kappa shape index (κ2) is 9.19. The molecule has 0 saturated carbocycles. The molecule has 2 aromatic carbocycles. The Morgan fingerprint density at radius 1 is 0.971 bits per heavy atom. The number of nitrogens with zero attached hydrogens (tertiary/aromatic N) is 2. The molecule has 1 N–H and O–H groups in total. The number of aryl methyl sites for hydroxylation is 2. The van der Waals surface area contributed by atoms with Crippen molar-refractivity contribution < 1.29 is 24.2 Å². The van der Waals surface area contributed by atoms with Crippen molar-refractivity contribution in [3.05, 3.63) is 87.7 Å². The number of rotatable bonds is 5. The highest BCUT2D eigenvalue weighted by molar-refractivity contribution is 6.51. The van der Waals surface area contributed by atoms with Crippen LogP contribution in [0.2, 0.25) is 5.02 Å². The zero-order valence-electron chi connectivity index (χ0n) is 19.1. The number of aromatic nitrogens is 1. The summed E-state index contributed by atoms with van der Waals surface area (Å²) in [6.45, 7) is 3.83. The molecule has 1 unspecified atom stereocenters. The van der Waals surface area contributed by atoms with Crippen LogP contribution < -0.4 is 14.4 Å². The van der Waals surface area contributed by atoms with Crippen molar-refractivity contribution in [3.8, 4) is 11.5 Å². The van der Waals surface area contributed by atoms with E-state index in [-0.39, 0.29) is 21.9 Å². The predicted molar refractivity (Wildman–Crippen MR) is 129 cm³/mol. The molecule has 3 aromatic rings. The Hall–Kier alpha value is -3.84. The number of carbonyl (C=O) groups excluding carboxylic acids is 2. The first-order valence-corrected chi connectivity index (χ1v) is 10.9. The number of hydrogen-bond acceptors (Lipinski definition) is 6. The summed E-state index contributed by atoms with van der Waals surface area (Å²) in [5.41, 5.74) is 3.15. The molecule has 0 spiro atoms. The van der Waals surface area contributed by atoms with Crippen molar-refractivity contribution in [2.45, 2.75) is 19.9 Å². The smallest absolute Gasteiger partial charge is 0.300 e. The Labute approximate surface area is 202 Å². The second-order valence-electron chi connectivity index (χ2n) is 7.98. The molecule has 1 fully saturated rings. The molecule has 34 heavy (non-hydrogen) atoms. The Kier molecular flexibility index (Phi) is 6.30. The molecule has 174 valence electrons. The minimum absolute atomic E-state index is 0.0742. The lowest BCUT2D eigenvalue weighted by Crippen LogP contribution is -2.29. The fraction of sp³-hybridized carbons (Fsp3) is 0.192. The van der Waals surface area contributed by atoms with E-state index in [1.165, 1.54) is 31.3 Å². The van der Waals surface area contributed by atoms with E-state index in [2.05, 4.69) is 4.98 Å². The third-order valence-corrected chi connectivity index (χ3v) is 5.98. The summed E-state index contributed by atoms with van der Waals surface area (Å²) in [5.74, 6) is -1.37. The average Bonchev–Trinajstić information content (AvgIpc) is 3.09. The van der Waals surface area contributed by atoms with Crippen LogP contribution in [0.15, 0.2) is 60.4 Å². The van der Waals surface area contributed by atoms with Gasteiger partial charge in [-0.1, -0.05) is 17.7 Å². The van der Waals surface area contributed by atoms with Gasteiger partial charge in [0.15, 0.2) is 0 Å². The highest BCUT2D eigenvalue weighted by Crippen LogP contribution is 2.44. The van der Waals surface area contributed by atoms with E-state index in [4.69, 9.17) is 21.1 Å². The van der Waals surface area contributed by atoms with Gasteiger partial charge in [0.2, 0.25) is 0 Å². The summed E-state index contributed by atoms with van der Waals surface area (Å²) in [6.07, 6.45) is 3.14. The highest BCUT2D eigenvalue weighted by Gasteiger charge is 2.47. The van der Waals surface area contributed by atoms with Gasteiger partial charge in [-0.25, -0.2) is 0 Å². The van der Waals surface area contributed by atoms with Crippen LogP contribution in [0.5, 0.6) is 11.5 Å². The third-order valence-electron chi connectivity index (χ3n) is 5.68. The molecule has 1 aliphatic rings. The molecule has 1 amide bonds. The van der Waals surface area contributed by atoms with Crippen molar-refractivity contribution in [1.82, 2.24) is 4.98 Å². The van der Waals surface area contributed by atoms with Crippen LogP contribution in [-0.2, 0) is 9.59 Å². The fourth-order valence-corrected chi connectivity index (χ4v) is 4.48. The average molecular weight is 479 g/mol.